The number of nitrogens with one attached hydrogen (secondary N) is 1. The van der Waals surface area contributed by atoms with E-state index in [-0.39, 0.29) is 6.54 Å². The van der Waals surface area contributed by atoms with Crippen molar-refractivity contribution in [3.63, 3.8) is 0 Å². The molecule has 0 aliphatic rings. The van der Waals surface area contributed by atoms with E-state index in [1.165, 1.54) is 4.52 Å². The van der Waals surface area contributed by atoms with Crippen molar-refractivity contribution >= 4 is 17.4 Å². The van der Waals surface area contributed by atoms with Gasteiger partial charge in [-0.15, -0.1) is 15.3 Å². The van der Waals surface area contributed by atoms with E-state index in [4.69, 9.17) is 0 Å². The van der Waals surface area contributed by atoms with Gasteiger partial charge in [-0.1, -0.05) is 0 Å². The molecule has 0 atom stereocenters. The predicted octanol–water partition coefficient (Wildman–Crippen LogP) is -1.41. The van der Waals surface area contributed by atoms with E-state index in [0.717, 1.165) is 0 Å². The summed E-state index contributed by atoms with van der Waals surface area (Å²) in [6.45, 7) is 1.48. The van der Waals surface area contributed by atoms with Crippen LogP contribution >= 0.6 is 0 Å². The van der Waals surface area contributed by atoms with Gasteiger partial charge in [0.1, 0.15) is 5.82 Å². The third-order valence-corrected chi connectivity index (χ3v) is 1.83. The van der Waals surface area contributed by atoms with E-state index in [1.54, 1.807) is 19.1 Å². The van der Waals surface area contributed by atoms with Crippen molar-refractivity contribution in [2.45, 2.75) is 6.92 Å². The van der Waals surface area contributed by atoms with Gasteiger partial charge in [-0.25, -0.2) is 0 Å². The highest BCUT2D eigenvalue weighted by molar-refractivity contribution is 5.70. The smallest absolute Gasteiger partial charge is 0.178 e. The van der Waals surface area contributed by atoms with Gasteiger partial charge >= 0.3 is 0 Å². The number of carbonyl (C=O) groups is 1. The number of aliphatic carboxylic acids is 1. The van der Waals surface area contributed by atoms with Crippen LogP contribution in [-0.4, -0.2) is 32.3 Å². The van der Waals surface area contributed by atoms with E-state index in [2.05, 4.69) is 20.6 Å². The molecule has 15 heavy (non-hydrogen) atoms. The Morgan fingerprint density at radius 2 is 2.33 bits per heavy atom. The maximum atomic E-state index is 10.2. The molecule has 0 aliphatic heterocycles. The first kappa shape index (κ1) is 9.38. The van der Waals surface area contributed by atoms with Crippen LogP contribution in [-0.2, 0) is 4.79 Å². The minimum absolute atomic E-state index is 0.278. The van der Waals surface area contributed by atoms with Gasteiger partial charge in [-0.3, -0.25) is 0 Å². The van der Waals surface area contributed by atoms with E-state index < -0.39 is 5.97 Å². The summed E-state index contributed by atoms with van der Waals surface area (Å²) in [7, 11) is 0. The van der Waals surface area contributed by atoms with Crippen LogP contribution in [0.15, 0.2) is 12.1 Å². The SMILES string of the molecule is Cc1nnc2ccc(NCC(=O)[O-])nn12. The zero-order valence-electron chi connectivity index (χ0n) is 7.97. The molecule has 7 nitrogen and oxygen atoms in total. The normalized spacial score (nSPS) is 10.5. The second-order valence-electron chi connectivity index (χ2n) is 2.96. The molecule has 0 unspecified atom stereocenters. The van der Waals surface area contributed by atoms with Crippen molar-refractivity contribution in [3.05, 3.63) is 18.0 Å². The standard InChI is InChI=1S/C8H9N5O2/c1-5-10-11-7-3-2-6(12-13(5)7)9-4-8(14)15/h2-3H,4H2,1H3,(H,9,12)(H,14,15)/p-1. The summed E-state index contributed by atoms with van der Waals surface area (Å²) in [5.74, 6) is -0.103. The number of anilines is 1. The molecule has 0 spiro atoms. The number of carboxylic acid groups (broad SMARTS) is 1. The lowest BCUT2D eigenvalue weighted by molar-refractivity contribution is -0.302. The molecular weight excluding hydrogens is 198 g/mol. The number of carboxylic acids is 1. The fraction of sp³-hybridized carbons (Fsp3) is 0.250. The van der Waals surface area contributed by atoms with Gasteiger partial charge in [-0.05, 0) is 19.1 Å². The molecule has 78 valence electrons. The number of rotatable bonds is 3. The first-order valence-corrected chi connectivity index (χ1v) is 4.29. The van der Waals surface area contributed by atoms with Crippen molar-refractivity contribution in [2.75, 3.05) is 11.9 Å². The lowest BCUT2D eigenvalue weighted by atomic mass is 10.5. The van der Waals surface area contributed by atoms with Gasteiger partial charge in [-0.2, -0.15) is 4.52 Å². The lowest BCUT2D eigenvalue weighted by Crippen LogP contribution is -2.30. The van der Waals surface area contributed by atoms with E-state index in [9.17, 15) is 9.90 Å². The molecule has 2 heterocycles. The molecule has 2 aromatic heterocycles. The topological polar surface area (TPSA) is 95.2 Å². The van der Waals surface area contributed by atoms with E-state index >= 15 is 0 Å². The summed E-state index contributed by atoms with van der Waals surface area (Å²) in [6, 6.07) is 3.33. The maximum absolute atomic E-state index is 10.2. The van der Waals surface area contributed by atoms with Crippen molar-refractivity contribution in [1.29, 1.82) is 0 Å². The van der Waals surface area contributed by atoms with Crippen LogP contribution in [0.1, 0.15) is 5.82 Å². The Balaban J connectivity index is 2.29. The molecule has 0 saturated heterocycles. The number of carbonyl (C=O) groups excluding carboxylic acids is 1. The first-order valence-electron chi connectivity index (χ1n) is 4.29. The van der Waals surface area contributed by atoms with Crippen LogP contribution in [0.25, 0.3) is 5.65 Å². The molecule has 0 radical (unpaired) electrons. The van der Waals surface area contributed by atoms with Gasteiger partial charge in [0.05, 0.1) is 12.5 Å². The minimum Gasteiger partial charge on any atom is -0.548 e. The number of aromatic nitrogens is 4. The van der Waals surface area contributed by atoms with Gasteiger partial charge in [0.2, 0.25) is 0 Å². The predicted molar refractivity (Wildman–Crippen MR) is 49.0 cm³/mol. The number of aryl methyl sites for hydroxylation is 1. The zero-order valence-corrected chi connectivity index (χ0v) is 7.97. The van der Waals surface area contributed by atoms with E-state index in [1.807, 2.05) is 0 Å². The number of hydrogen-bond donors (Lipinski definition) is 1. The Morgan fingerprint density at radius 3 is 3.07 bits per heavy atom. The molecule has 0 saturated carbocycles. The van der Waals surface area contributed by atoms with Crippen LogP contribution in [0.4, 0.5) is 5.82 Å². The second kappa shape index (κ2) is 3.52. The fourth-order valence-corrected chi connectivity index (χ4v) is 1.15. The monoisotopic (exact) mass is 206 g/mol. The average molecular weight is 206 g/mol. The fourth-order valence-electron chi connectivity index (χ4n) is 1.15. The lowest BCUT2D eigenvalue weighted by Gasteiger charge is -2.05. The molecule has 2 rings (SSSR count). The van der Waals surface area contributed by atoms with Gasteiger partial charge in [0.25, 0.3) is 0 Å². The minimum atomic E-state index is -1.18. The molecule has 0 bridgehead atoms. The van der Waals surface area contributed by atoms with Crippen molar-refractivity contribution in [1.82, 2.24) is 19.8 Å². The Labute approximate surface area is 84.7 Å². The summed E-state index contributed by atoms with van der Waals surface area (Å²) in [5.41, 5.74) is 0.617. The molecule has 2 aromatic rings. The first-order chi connectivity index (χ1) is 7.16. The van der Waals surface area contributed by atoms with Gasteiger partial charge < -0.3 is 15.2 Å². The van der Waals surface area contributed by atoms with Crippen LogP contribution in [0.2, 0.25) is 0 Å². The number of nitrogens with zero attached hydrogens (tertiary/aromatic N) is 4. The molecule has 7 heteroatoms. The van der Waals surface area contributed by atoms with Crippen molar-refractivity contribution in [2.24, 2.45) is 0 Å². The maximum Gasteiger partial charge on any atom is 0.178 e. The summed E-state index contributed by atoms with van der Waals surface area (Å²) >= 11 is 0. The highest BCUT2D eigenvalue weighted by Crippen LogP contribution is 2.05. The number of fused-ring (bicyclic) bond motifs is 1. The molecule has 0 fully saturated rings. The zero-order chi connectivity index (χ0) is 10.8. The molecule has 0 aliphatic carbocycles. The summed E-state index contributed by atoms with van der Waals surface area (Å²) < 4.78 is 1.53. The van der Waals surface area contributed by atoms with Gasteiger partial charge in [0.15, 0.2) is 11.5 Å². The van der Waals surface area contributed by atoms with E-state index in [0.29, 0.717) is 17.3 Å². The molecule has 1 N–H and O–H groups in total. The largest absolute Gasteiger partial charge is 0.548 e. The Bertz CT molecular complexity index is 507. The molecule has 0 aromatic carbocycles. The van der Waals surface area contributed by atoms with Crippen LogP contribution in [0.3, 0.4) is 0 Å². The quantitative estimate of drug-likeness (QED) is 0.663. The Morgan fingerprint density at radius 1 is 1.53 bits per heavy atom. The molecular formula is C8H8N5O2-. The van der Waals surface area contributed by atoms with Crippen molar-refractivity contribution < 1.29 is 9.90 Å². The van der Waals surface area contributed by atoms with Crippen molar-refractivity contribution in [3.8, 4) is 0 Å². The Hall–Kier alpha value is -2.18. The highest BCUT2D eigenvalue weighted by Gasteiger charge is 2.02. The second-order valence-corrected chi connectivity index (χ2v) is 2.96. The molecule has 0 amide bonds. The van der Waals surface area contributed by atoms with Crippen LogP contribution < -0.4 is 10.4 Å². The van der Waals surface area contributed by atoms with Crippen LogP contribution in [0.5, 0.6) is 0 Å². The highest BCUT2D eigenvalue weighted by atomic mass is 16.4. The van der Waals surface area contributed by atoms with Crippen LogP contribution in [0, 0.1) is 6.92 Å². The van der Waals surface area contributed by atoms with Gasteiger partial charge in [0, 0.05) is 0 Å². The summed E-state index contributed by atoms with van der Waals surface area (Å²) in [5, 5.41) is 24.6. The summed E-state index contributed by atoms with van der Waals surface area (Å²) in [6.07, 6.45) is 0. The number of hydrogen-bond acceptors (Lipinski definition) is 6. The Kier molecular flexibility index (Phi) is 2.20. The average Bonchev–Trinajstić information content (AvgIpc) is 2.57. The third kappa shape index (κ3) is 1.85. The summed E-state index contributed by atoms with van der Waals surface area (Å²) in [4.78, 5) is 10.2. The third-order valence-electron chi connectivity index (χ3n) is 1.83.